The van der Waals surface area contributed by atoms with Crippen LogP contribution in [0.4, 0.5) is 10.3 Å². The minimum Gasteiger partial charge on any atom is -0.368 e. The number of nitrogens with one attached hydrogen (secondary N) is 1. The SMILES string of the molecule is CN1CC(c2ccnc(N)n2)C2(C1)CN(C(=O)c1c(F)ccc3[nH]cnc13)C2. The lowest BCUT2D eigenvalue weighted by atomic mass is 9.70. The van der Waals surface area contributed by atoms with Crippen molar-refractivity contribution in [2.24, 2.45) is 5.41 Å². The first-order valence-corrected chi connectivity index (χ1v) is 9.15. The molecule has 4 heterocycles. The summed E-state index contributed by atoms with van der Waals surface area (Å²) >= 11 is 0. The molecule has 5 rings (SSSR count). The third kappa shape index (κ3) is 2.46. The van der Waals surface area contributed by atoms with E-state index in [1.165, 1.54) is 12.4 Å². The lowest BCUT2D eigenvalue weighted by molar-refractivity contribution is 0.00336. The van der Waals surface area contributed by atoms with Crippen molar-refractivity contribution < 1.29 is 9.18 Å². The number of hydrogen-bond donors (Lipinski definition) is 2. The molecule has 144 valence electrons. The first-order valence-electron chi connectivity index (χ1n) is 9.15. The number of nitrogens with zero attached hydrogens (tertiary/aromatic N) is 5. The van der Waals surface area contributed by atoms with Crippen LogP contribution in [0.1, 0.15) is 22.0 Å². The Kier molecular flexibility index (Phi) is 3.63. The number of carbonyl (C=O) groups excluding carboxylic acids is 1. The van der Waals surface area contributed by atoms with Gasteiger partial charge in [-0.25, -0.2) is 19.3 Å². The number of likely N-dealkylation sites (tertiary alicyclic amines) is 2. The number of likely N-dealkylation sites (N-methyl/N-ethyl adjacent to an activating group) is 1. The molecule has 0 saturated carbocycles. The molecule has 0 bridgehead atoms. The highest BCUT2D eigenvalue weighted by atomic mass is 19.1. The first kappa shape index (κ1) is 17.1. The van der Waals surface area contributed by atoms with Crippen molar-refractivity contribution in [1.29, 1.82) is 0 Å². The molecule has 3 aromatic rings. The maximum absolute atomic E-state index is 14.4. The van der Waals surface area contributed by atoms with Crippen molar-refractivity contribution in [2.75, 3.05) is 39.0 Å². The molecule has 1 atom stereocenters. The van der Waals surface area contributed by atoms with E-state index in [9.17, 15) is 9.18 Å². The molecule has 3 N–H and O–H groups in total. The normalized spacial score (nSPS) is 21.4. The van der Waals surface area contributed by atoms with E-state index in [0.717, 1.165) is 18.8 Å². The van der Waals surface area contributed by atoms with E-state index < -0.39 is 5.82 Å². The van der Waals surface area contributed by atoms with Crippen LogP contribution in [0.25, 0.3) is 11.0 Å². The molecule has 28 heavy (non-hydrogen) atoms. The van der Waals surface area contributed by atoms with Crippen LogP contribution in [0, 0.1) is 11.2 Å². The predicted molar refractivity (Wildman–Crippen MR) is 101 cm³/mol. The second-order valence-corrected chi connectivity index (χ2v) is 7.83. The van der Waals surface area contributed by atoms with Gasteiger partial charge >= 0.3 is 0 Å². The third-order valence-corrected chi connectivity index (χ3v) is 5.92. The third-order valence-electron chi connectivity index (χ3n) is 5.92. The summed E-state index contributed by atoms with van der Waals surface area (Å²) < 4.78 is 14.4. The summed E-state index contributed by atoms with van der Waals surface area (Å²) in [7, 11) is 2.06. The van der Waals surface area contributed by atoms with E-state index in [1.54, 1.807) is 17.2 Å². The Morgan fingerprint density at radius 1 is 1.29 bits per heavy atom. The van der Waals surface area contributed by atoms with Crippen LogP contribution in [0.3, 0.4) is 0 Å². The molecule has 1 amide bonds. The van der Waals surface area contributed by atoms with Gasteiger partial charge in [0.2, 0.25) is 5.95 Å². The number of fused-ring (bicyclic) bond motifs is 1. The van der Waals surface area contributed by atoms with Gasteiger partial charge < -0.3 is 20.5 Å². The van der Waals surface area contributed by atoms with Crippen molar-refractivity contribution in [3.8, 4) is 0 Å². The number of aromatic nitrogens is 4. The second-order valence-electron chi connectivity index (χ2n) is 7.83. The molecule has 1 aromatic carbocycles. The predicted octanol–water partition coefficient (Wildman–Crippen LogP) is 1.25. The van der Waals surface area contributed by atoms with E-state index in [2.05, 4.69) is 31.9 Å². The number of H-pyrrole nitrogens is 1. The standard InChI is InChI=1S/C19H20FN7O/c1-26-6-11(13-4-5-22-18(21)25-13)19(7-26)8-27(9-19)17(28)15-12(20)2-3-14-16(15)24-10-23-14/h2-5,10-11H,6-9H2,1H3,(H,23,24)(H2,21,22,25). The molecule has 2 fully saturated rings. The number of anilines is 1. The zero-order valence-electron chi connectivity index (χ0n) is 15.4. The molecule has 0 aliphatic carbocycles. The minimum absolute atomic E-state index is 0.0304. The van der Waals surface area contributed by atoms with Gasteiger partial charge in [0.15, 0.2) is 0 Å². The summed E-state index contributed by atoms with van der Waals surface area (Å²) in [6, 6.07) is 4.78. The number of carbonyl (C=O) groups is 1. The number of aromatic amines is 1. The van der Waals surface area contributed by atoms with Gasteiger partial charge in [-0.2, -0.15) is 0 Å². The fourth-order valence-electron chi connectivity index (χ4n) is 4.73. The van der Waals surface area contributed by atoms with Crippen molar-refractivity contribution in [2.45, 2.75) is 5.92 Å². The van der Waals surface area contributed by atoms with E-state index in [-0.39, 0.29) is 28.8 Å². The maximum Gasteiger partial charge on any atom is 0.259 e. The number of nitrogens with two attached hydrogens (primary N) is 1. The maximum atomic E-state index is 14.4. The van der Waals surface area contributed by atoms with Gasteiger partial charge in [0, 0.05) is 43.7 Å². The number of benzene rings is 1. The molecule has 1 spiro atoms. The summed E-state index contributed by atoms with van der Waals surface area (Å²) in [6.45, 7) is 2.78. The summed E-state index contributed by atoms with van der Waals surface area (Å²) in [5, 5.41) is 0. The zero-order valence-corrected chi connectivity index (χ0v) is 15.4. The topological polar surface area (TPSA) is 104 Å². The fraction of sp³-hybridized carbons (Fsp3) is 0.368. The van der Waals surface area contributed by atoms with Crippen LogP contribution in [0.2, 0.25) is 0 Å². The molecular weight excluding hydrogens is 361 g/mol. The highest BCUT2D eigenvalue weighted by molar-refractivity contribution is 6.05. The van der Waals surface area contributed by atoms with E-state index in [1.807, 2.05) is 6.07 Å². The molecule has 2 aromatic heterocycles. The fourth-order valence-corrected chi connectivity index (χ4v) is 4.73. The minimum atomic E-state index is -0.547. The Morgan fingerprint density at radius 3 is 2.89 bits per heavy atom. The van der Waals surface area contributed by atoms with E-state index >= 15 is 0 Å². The molecule has 2 aliphatic heterocycles. The highest BCUT2D eigenvalue weighted by Crippen LogP contribution is 2.48. The number of hydrogen-bond acceptors (Lipinski definition) is 6. The van der Waals surface area contributed by atoms with Gasteiger partial charge in [0.1, 0.15) is 16.9 Å². The number of halogens is 1. The Balaban J connectivity index is 1.43. The van der Waals surface area contributed by atoms with Gasteiger partial charge in [-0.05, 0) is 25.2 Å². The average Bonchev–Trinajstić information content (AvgIpc) is 3.24. The Labute approximate surface area is 160 Å². The van der Waals surface area contributed by atoms with Gasteiger partial charge in [-0.15, -0.1) is 0 Å². The average molecular weight is 381 g/mol. The van der Waals surface area contributed by atoms with Crippen molar-refractivity contribution in [3.05, 3.63) is 47.8 Å². The van der Waals surface area contributed by atoms with Crippen LogP contribution >= 0.6 is 0 Å². The Hall–Kier alpha value is -3.07. The van der Waals surface area contributed by atoms with Gasteiger partial charge in [0.25, 0.3) is 5.91 Å². The Morgan fingerprint density at radius 2 is 2.11 bits per heavy atom. The van der Waals surface area contributed by atoms with Crippen molar-refractivity contribution >= 4 is 22.9 Å². The molecular formula is C19H20FN7O. The van der Waals surface area contributed by atoms with Crippen LogP contribution in [0.5, 0.6) is 0 Å². The summed E-state index contributed by atoms with van der Waals surface area (Å²) in [6.07, 6.45) is 3.14. The molecule has 9 heteroatoms. The first-order chi connectivity index (χ1) is 13.5. The number of nitrogen functional groups attached to an aromatic ring is 1. The van der Waals surface area contributed by atoms with Crippen LogP contribution in [-0.4, -0.2) is 68.9 Å². The van der Waals surface area contributed by atoms with Gasteiger partial charge in [0.05, 0.1) is 17.5 Å². The lowest BCUT2D eigenvalue weighted by Gasteiger charge is -2.51. The lowest BCUT2D eigenvalue weighted by Crippen LogP contribution is -2.61. The van der Waals surface area contributed by atoms with Gasteiger partial charge in [-0.3, -0.25) is 4.79 Å². The number of rotatable bonds is 2. The summed E-state index contributed by atoms with van der Waals surface area (Å²) in [5.41, 5.74) is 7.60. The Bertz CT molecular complexity index is 1080. The monoisotopic (exact) mass is 381 g/mol. The zero-order chi connectivity index (χ0) is 19.5. The smallest absolute Gasteiger partial charge is 0.259 e. The summed E-state index contributed by atoms with van der Waals surface area (Å²) in [5.74, 6) is -0.467. The molecule has 2 aliphatic rings. The second kappa shape index (κ2) is 5.96. The van der Waals surface area contributed by atoms with Crippen molar-refractivity contribution in [3.63, 3.8) is 0 Å². The number of amides is 1. The largest absolute Gasteiger partial charge is 0.368 e. The van der Waals surface area contributed by atoms with Crippen molar-refractivity contribution in [1.82, 2.24) is 29.7 Å². The molecule has 0 radical (unpaired) electrons. The molecule has 8 nitrogen and oxygen atoms in total. The van der Waals surface area contributed by atoms with Gasteiger partial charge in [-0.1, -0.05) is 0 Å². The van der Waals surface area contributed by atoms with Crippen LogP contribution in [0.15, 0.2) is 30.7 Å². The highest BCUT2D eigenvalue weighted by Gasteiger charge is 2.56. The van der Waals surface area contributed by atoms with E-state index in [4.69, 9.17) is 5.73 Å². The molecule has 1 unspecified atom stereocenters. The van der Waals surface area contributed by atoms with Crippen LogP contribution in [-0.2, 0) is 0 Å². The summed E-state index contributed by atoms with van der Waals surface area (Å²) in [4.78, 5) is 32.4. The van der Waals surface area contributed by atoms with E-state index in [0.29, 0.717) is 24.1 Å². The quantitative estimate of drug-likeness (QED) is 0.692. The van der Waals surface area contributed by atoms with Crippen LogP contribution < -0.4 is 5.73 Å². The number of imidazole rings is 1. The molecule has 2 saturated heterocycles.